The monoisotopic (exact) mass is 264 g/mol. The molecule has 0 atom stereocenters. The van der Waals surface area contributed by atoms with Crippen molar-refractivity contribution in [1.29, 1.82) is 0 Å². The molecule has 0 saturated carbocycles. The zero-order valence-electron chi connectivity index (χ0n) is 10.9. The highest BCUT2D eigenvalue weighted by molar-refractivity contribution is 6.00. The Morgan fingerprint density at radius 1 is 1.26 bits per heavy atom. The van der Waals surface area contributed by atoms with Gasteiger partial charge in [0, 0.05) is 19.6 Å². The van der Waals surface area contributed by atoms with Crippen LogP contribution in [0.25, 0.3) is 0 Å². The lowest BCUT2D eigenvalue weighted by molar-refractivity contribution is 0.0685. The van der Waals surface area contributed by atoms with Gasteiger partial charge in [0.25, 0.3) is 5.91 Å². The van der Waals surface area contributed by atoms with Crippen molar-refractivity contribution in [2.75, 3.05) is 38.2 Å². The molecule has 0 radical (unpaired) electrons. The van der Waals surface area contributed by atoms with Crippen molar-refractivity contribution in [2.45, 2.75) is 12.8 Å². The van der Waals surface area contributed by atoms with E-state index < -0.39 is 0 Å². The molecule has 3 N–H and O–H groups in total. The third kappa shape index (κ3) is 3.05. The van der Waals surface area contributed by atoms with Crippen molar-refractivity contribution in [1.82, 2.24) is 4.90 Å². The highest BCUT2D eigenvalue weighted by atomic mass is 16.3. The molecule has 2 rings (SSSR count). The maximum absolute atomic E-state index is 12.5. The normalized spacial score (nSPS) is 13.6. The van der Waals surface area contributed by atoms with Crippen LogP contribution in [0.4, 0.5) is 5.69 Å². The van der Waals surface area contributed by atoms with Crippen LogP contribution in [0.5, 0.6) is 0 Å². The van der Waals surface area contributed by atoms with Gasteiger partial charge >= 0.3 is 0 Å². The quantitative estimate of drug-likeness (QED) is 0.723. The van der Waals surface area contributed by atoms with E-state index in [1.54, 1.807) is 6.07 Å². The van der Waals surface area contributed by atoms with E-state index in [4.69, 9.17) is 10.2 Å². The standard InChI is InChI=1S/C14H20N2O3/c17-9-7-16(8-10-18)14(19)12-5-1-3-11-4-2-6-15-13(11)12/h1,3,5,15,17-18H,2,4,6-10H2. The van der Waals surface area contributed by atoms with Crippen LogP contribution >= 0.6 is 0 Å². The number of carbonyl (C=O) groups excluding carboxylic acids is 1. The van der Waals surface area contributed by atoms with Gasteiger partial charge in [-0.1, -0.05) is 12.1 Å². The van der Waals surface area contributed by atoms with Gasteiger partial charge in [-0.25, -0.2) is 0 Å². The molecule has 0 aromatic heterocycles. The van der Waals surface area contributed by atoms with Crippen LogP contribution in [0.2, 0.25) is 0 Å². The van der Waals surface area contributed by atoms with Crippen molar-refractivity contribution in [3.8, 4) is 0 Å². The average molecular weight is 264 g/mol. The lowest BCUT2D eigenvalue weighted by Crippen LogP contribution is -2.36. The molecule has 1 amide bonds. The van der Waals surface area contributed by atoms with Gasteiger partial charge < -0.3 is 20.4 Å². The Morgan fingerprint density at radius 2 is 2.00 bits per heavy atom. The number of aliphatic hydroxyl groups excluding tert-OH is 2. The predicted octanol–water partition coefficient (Wildman–Crippen LogP) is 0.471. The number of rotatable bonds is 5. The summed E-state index contributed by atoms with van der Waals surface area (Å²) >= 11 is 0. The minimum atomic E-state index is -0.144. The second kappa shape index (κ2) is 6.54. The van der Waals surface area contributed by atoms with Gasteiger partial charge in [0.2, 0.25) is 0 Å². The highest BCUT2D eigenvalue weighted by Gasteiger charge is 2.21. The zero-order chi connectivity index (χ0) is 13.7. The van der Waals surface area contributed by atoms with Crippen LogP contribution < -0.4 is 5.32 Å². The van der Waals surface area contributed by atoms with Crippen LogP contribution in [-0.4, -0.2) is 53.9 Å². The van der Waals surface area contributed by atoms with Crippen LogP contribution in [0.15, 0.2) is 18.2 Å². The summed E-state index contributed by atoms with van der Waals surface area (Å²) in [6, 6.07) is 5.71. The summed E-state index contributed by atoms with van der Waals surface area (Å²) in [5.74, 6) is -0.144. The molecule has 1 aliphatic rings. The number of hydrogen-bond donors (Lipinski definition) is 3. The summed E-state index contributed by atoms with van der Waals surface area (Å²) in [6.07, 6.45) is 2.05. The summed E-state index contributed by atoms with van der Waals surface area (Å²) in [7, 11) is 0. The first-order chi connectivity index (χ1) is 9.27. The van der Waals surface area contributed by atoms with E-state index in [2.05, 4.69) is 5.32 Å². The largest absolute Gasteiger partial charge is 0.395 e. The number of benzene rings is 1. The number of nitrogens with zero attached hydrogens (tertiary/aromatic N) is 1. The van der Waals surface area contributed by atoms with Gasteiger partial charge in [-0.05, 0) is 24.5 Å². The second-order valence-electron chi connectivity index (χ2n) is 4.61. The molecule has 0 aliphatic carbocycles. The van der Waals surface area contributed by atoms with Gasteiger partial charge in [0.15, 0.2) is 0 Å². The zero-order valence-corrected chi connectivity index (χ0v) is 10.9. The van der Waals surface area contributed by atoms with Gasteiger partial charge in [-0.15, -0.1) is 0 Å². The molecule has 19 heavy (non-hydrogen) atoms. The second-order valence-corrected chi connectivity index (χ2v) is 4.61. The lowest BCUT2D eigenvalue weighted by Gasteiger charge is -2.25. The minimum absolute atomic E-state index is 0.103. The number of anilines is 1. The fourth-order valence-corrected chi connectivity index (χ4v) is 2.41. The molecule has 0 fully saturated rings. The van der Waals surface area contributed by atoms with Crippen LogP contribution in [0, 0.1) is 0 Å². The van der Waals surface area contributed by atoms with Crippen molar-refractivity contribution in [3.05, 3.63) is 29.3 Å². The highest BCUT2D eigenvalue weighted by Crippen LogP contribution is 2.26. The van der Waals surface area contributed by atoms with E-state index in [1.165, 1.54) is 4.90 Å². The Labute approximate surface area is 112 Å². The SMILES string of the molecule is O=C(c1cccc2c1NCCC2)N(CCO)CCO. The number of nitrogens with one attached hydrogen (secondary N) is 1. The maximum atomic E-state index is 12.5. The van der Waals surface area contributed by atoms with Crippen molar-refractivity contribution >= 4 is 11.6 Å². The number of aryl methyl sites for hydroxylation is 1. The maximum Gasteiger partial charge on any atom is 0.256 e. The number of hydrogen-bond acceptors (Lipinski definition) is 4. The average Bonchev–Trinajstić information content (AvgIpc) is 2.46. The van der Waals surface area contributed by atoms with Crippen LogP contribution in [0.3, 0.4) is 0 Å². The predicted molar refractivity (Wildman–Crippen MR) is 73.3 cm³/mol. The van der Waals surface area contributed by atoms with Crippen molar-refractivity contribution < 1.29 is 15.0 Å². The Bertz CT molecular complexity index is 442. The Hall–Kier alpha value is -1.59. The van der Waals surface area contributed by atoms with E-state index in [9.17, 15) is 4.79 Å². The first-order valence-corrected chi connectivity index (χ1v) is 6.64. The van der Waals surface area contributed by atoms with E-state index in [0.717, 1.165) is 30.6 Å². The number of amides is 1. The van der Waals surface area contributed by atoms with E-state index in [0.29, 0.717) is 5.56 Å². The van der Waals surface area contributed by atoms with E-state index >= 15 is 0 Å². The van der Waals surface area contributed by atoms with E-state index in [1.807, 2.05) is 12.1 Å². The summed E-state index contributed by atoms with van der Waals surface area (Å²) < 4.78 is 0. The van der Waals surface area contributed by atoms with Crippen LogP contribution in [-0.2, 0) is 6.42 Å². The molecular weight excluding hydrogens is 244 g/mol. The van der Waals surface area contributed by atoms with Crippen molar-refractivity contribution in [2.24, 2.45) is 0 Å². The van der Waals surface area contributed by atoms with Crippen LogP contribution in [0.1, 0.15) is 22.3 Å². The topological polar surface area (TPSA) is 72.8 Å². The first kappa shape index (κ1) is 13.8. The van der Waals surface area contributed by atoms with Gasteiger partial charge in [-0.2, -0.15) is 0 Å². The molecular formula is C14H20N2O3. The Morgan fingerprint density at radius 3 is 2.68 bits per heavy atom. The van der Waals surface area contributed by atoms with Gasteiger partial charge in [0.05, 0.1) is 24.5 Å². The number of aliphatic hydroxyl groups is 2. The van der Waals surface area contributed by atoms with E-state index in [-0.39, 0.29) is 32.2 Å². The summed E-state index contributed by atoms with van der Waals surface area (Å²) in [5, 5.41) is 21.3. The number of para-hydroxylation sites is 1. The summed E-state index contributed by atoms with van der Waals surface area (Å²) in [6.45, 7) is 1.14. The fraction of sp³-hybridized carbons (Fsp3) is 0.500. The number of carbonyl (C=O) groups is 1. The molecule has 104 valence electrons. The molecule has 1 aromatic rings. The molecule has 0 saturated heterocycles. The fourth-order valence-electron chi connectivity index (χ4n) is 2.41. The molecule has 1 aliphatic heterocycles. The third-order valence-electron chi connectivity index (χ3n) is 3.33. The smallest absolute Gasteiger partial charge is 0.256 e. The third-order valence-corrected chi connectivity index (χ3v) is 3.33. The summed E-state index contributed by atoms with van der Waals surface area (Å²) in [4.78, 5) is 13.9. The summed E-state index contributed by atoms with van der Waals surface area (Å²) in [5.41, 5.74) is 2.68. The molecule has 5 heteroatoms. The lowest BCUT2D eigenvalue weighted by atomic mass is 9.99. The molecule has 1 heterocycles. The van der Waals surface area contributed by atoms with Crippen molar-refractivity contribution in [3.63, 3.8) is 0 Å². The van der Waals surface area contributed by atoms with Gasteiger partial charge in [0.1, 0.15) is 0 Å². The minimum Gasteiger partial charge on any atom is -0.395 e. The molecule has 0 spiro atoms. The Kier molecular flexibility index (Phi) is 4.76. The molecule has 5 nitrogen and oxygen atoms in total. The first-order valence-electron chi connectivity index (χ1n) is 6.64. The molecule has 1 aromatic carbocycles. The molecule has 0 unspecified atom stereocenters. The van der Waals surface area contributed by atoms with Gasteiger partial charge in [-0.3, -0.25) is 4.79 Å². The molecule has 0 bridgehead atoms. The number of fused-ring (bicyclic) bond motifs is 1. The Balaban J connectivity index is 2.27.